The summed E-state index contributed by atoms with van der Waals surface area (Å²) in [6.45, 7) is 7.34. The molecule has 9 nitrogen and oxygen atoms in total. The van der Waals surface area contributed by atoms with Crippen LogP contribution in [0.25, 0.3) is 0 Å². The highest BCUT2D eigenvalue weighted by Gasteiger charge is 2.30. The van der Waals surface area contributed by atoms with Crippen molar-refractivity contribution < 1.29 is 23.9 Å². The van der Waals surface area contributed by atoms with E-state index in [1.54, 1.807) is 25.3 Å². The third kappa shape index (κ3) is 4.82. The number of esters is 2. The molecule has 0 bridgehead atoms. The number of anilines is 1. The average Bonchev–Trinajstić information content (AvgIpc) is 3.06. The van der Waals surface area contributed by atoms with Crippen molar-refractivity contribution in [1.29, 1.82) is 0 Å². The third-order valence-electron chi connectivity index (χ3n) is 3.32. The van der Waals surface area contributed by atoms with Gasteiger partial charge in [-0.15, -0.1) is 17.9 Å². The van der Waals surface area contributed by atoms with Crippen molar-refractivity contribution in [2.24, 2.45) is 0 Å². The molecule has 2 amide bonds. The number of urea groups is 1. The molecule has 0 spiro atoms. The Balaban J connectivity index is 2.08. The number of rotatable bonds is 8. The fraction of sp³-hybridized carbons (Fsp3) is 0.375. The Morgan fingerprint density at radius 1 is 1.42 bits per heavy atom. The predicted octanol–water partition coefficient (Wildman–Crippen LogP) is 1.42. The van der Waals surface area contributed by atoms with E-state index in [4.69, 9.17) is 9.47 Å². The van der Waals surface area contributed by atoms with Gasteiger partial charge in [-0.05, 0) is 13.8 Å². The molecule has 1 aliphatic rings. The first-order chi connectivity index (χ1) is 12.5. The lowest BCUT2D eigenvalue weighted by Gasteiger charge is -2.26. The van der Waals surface area contributed by atoms with Crippen LogP contribution in [0.15, 0.2) is 29.3 Å². The highest BCUT2D eigenvalue weighted by atomic mass is 32.1. The van der Waals surface area contributed by atoms with E-state index in [0.29, 0.717) is 11.7 Å². The van der Waals surface area contributed by atoms with Gasteiger partial charge in [0.1, 0.15) is 6.61 Å². The highest BCUT2D eigenvalue weighted by molar-refractivity contribution is 7.13. The number of carbonyl (C=O) groups excluding carboxylic acids is 3. The lowest BCUT2D eigenvalue weighted by atomic mass is 10.0. The maximum Gasteiger partial charge on any atom is 0.358 e. The largest absolute Gasteiger partial charge is 0.463 e. The number of ether oxygens (including phenoxy) is 2. The third-order valence-corrected chi connectivity index (χ3v) is 4.12. The smallest absolute Gasteiger partial charge is 0.358 e. The standard InChI is InChI=1S/C16H20N4O5S/c1-4-6-17-16-20-11(8-26-16)13(21)25-7-10-12(14(22)24-5-2)9(3)18-15(23)19-10/h4,8-9H,1,5-7H2,2-3H3,(H,17,20)(H2,18,19,23). The number of amides is 2. The van der Waals surface area contributed by atoms with E-state index in [1.807, 2.05) is 0 Å². The van der Waals surface area contributed by atoms with Crippen molar-refractivity contribution in [1.82, 2.24) is 15.6 Å². The van der Waals surface area contributed by atoms with Crippen LogP contribution < -0.4 is 16.0 Å². The summed E-state index contributed by atoms with van der Waals surface area (Å²) in [5.74, 6) is -1.24. The summed E-state index contributed by atoms with van der Waals surface area (Å²) < 4.78 is 10.2. The van der Waals surface area contributed by atoms with Crippen LogP contribution in [0.2, 0.25) is 0 Å². The van der Waals surface area contributed by atoms with Gasteiger partial charge in [-0.25, -0.2) is 19.4 Å². The summed E-state index contributed by atoms with van der Waals surface area (Å²) in [7, 11) is 0. The molecule has 1 aromatic heterocycles. The van der Waals surface area contributed by atoms with Gasteiger partial charge < -0.3 is 25.4 Å². The van der Waals surface area contributed by atoms with Gasteiger partial charge in [0.2, 0.25) is 0 Å². The van der Waals surface area contributed by atoms with E-state index < -0.39 is 24.0 Å². The maximum absolute atomic E-state index is 12.1. The molecule has 0 radical (unpaired) electrons. The molecular weight excluding hydrogens is 360 g/mol. The van der Waals surface area contributed by atoms with Crippen LogP contribution >= 0.6 is 11.3 Å². The number of hydrogen-bond donors (Lipinski definition) is 3. The zero-order chi connectivity index (χ0) is 19.1. The van der Waals surface area contributed by atoms with E-state index >= 15 is 0 Å². The summed E-state index contributed by atoms with van der Waals surface area (Å²) in [6.07, 6.45) is 1.67. The second kappa shape index (κ2) is 8.99. The number of nitrogens with zero attached hydrogens (tertiary/aromatic N) is 1. The van der Waals surface area contributed by atoms with Gasteiger partial charge in [0, 0.05) is 11.9 Å². The SMILES string of the molecule is C=CCNc1nc(C(=O)OCC2=C(C(=O)OCC)C(C)NC(=O)N2)cs1. The van der Waals surface area contributed by atoms with E-state index in [0.717, 1.165) is 0 Å². The molecule has 1 aromatic rings. The fourth-order valence-electron chi connectivity index (χ4n) is 2.21. The first-order valence-electron chi connectivity index (χ1n) is 7.91. The lowest BCUT2D eigenvalue weighted by Crippen LogP contribution is -2.50. The Hall–Kier alpha value is -2.88. The lowest BCUT2D eigenvalue weighted by molar-refractivity contribution is -0.139. The number of hydrogen-bond acceptors (Lipinski definition) is 8. The van der Waals surface area contributed by atoms with Gasteiger partial charge >= 0.3 is 18.0 Å². The molecule has 1 aliphatic heterocycles. The Labute approximate surface area is 154 Å². The molecule has 3 N–H and O–H groups in total. The van der Waals surface area contributed by atoms with Crippen molar-refractivity contribution in [2.45, 2.75) is 19.9 Å². The number of aromatic nitrogens is 1. The average molecular weight is 380 g/mol. The topological polar surface area (TPSA) is 119 Å². The molecule has 2 heterocycles. The van der Waals surface area contributed by atoms with Crippen LogP contribution in [0.1, 0.15) is 24.3 Å². The minimum Gasteiger partial charge on any atom is -0.463 e. The Bertz CT molecular complexity index is 743. The van der Waals surface area contributed by atoms with Crippen molar-refractivity contribution in [3.63, 3.8) is 0 Å². The Kier molecular flexibility index (Phi) is 6.73. The predicted molar refractivity (Wildman–Crippen MR) is 95.9 cm³/mol. The Morgan fingerprint density at radius 3 is 2.88 bits per heavy atom. The molecule has 26 heavy (non-hydrogen) atoms. The van der Waals surface area contributed by atoms with Crippen molar-refractivity contribution in [3.05, 3.63) is 35.0 Å². The van der Waals surface area contributed by atoms with Crippen LogP contribution in [0.5, 0.6) is 0 Å². The molecule has 0 saturated heterocycles. The number of carbonyl (C=O) groups is 3. The summed E-state index contributed by atoms with van der Waals surface area (Å²) in [5.41, 5.74) is 0.535. The molecule has 1 unspecified atom stereocenters. The summed E-state index contributed by atoms with van der Waals surface area (Å²) in [6, 6.07) is -1.05. The molecule has 0 fully saturated rings. The second-order valence-corrected chi connectivity index (χ2v) is 6.07. The van der Waals surface area contributed by atoms with Crippen molar-refractivity contribution in [2.75, 3.05) is 25.1 Å². The first kappa shape index (κ1) is 19.4. The van der Waals surface area contributed by atoms with Crippen LogP contribution in [-0.4, -0.2) is 48.8 Å². The minimum absolute atomic E-state index is 0.133. The normalized spacial score (nSPS) is 16.4. The summed E-state index contributed by atoms with van der Waals surface area (Å²) in [4.78, 5) is 40.0. The molecular formula is C16H20N4O5S. The van der Waals surface area contributed by atoms with E-state index in [9.17, 15) is 14.4 Å². The zero-order valence-electron chi connectivity index (χ0n) is 14.5. The molecule has 0 aliphatic carbocycles. The van der Waals surface area contributed by atoms with Crippen molar-refractivity contribution >= 4 is 34.4 Å². The second-order valence-electron chi connectivity index (χ2n) is 5.22. The van der Waals surface area contributed by atoms with E-state index in [1.165, 1.54) is 11.3 Å². The fourth-order valence-corrected chi connectivity index (χ4v) is 2.90. The number of nitrogens with one attached hydrogen (secondary N) is 3. The van der Waals surface area contributed by atoms with Crippen LogP contribution in [0.4, 0.5) is 9.93 Å². The van der Waals surface area contributed by atoms with Gasteiger partial charge in [0.15, 0.2) is 10.8 Å². The molecule has 1 atom stereocenters. The highest BCUT2D eigenvalue weighted by Crippen LogP contribution is 2.18. The molecule has 0 saturated carbocycles. The van der Waals surface area contributed by atoms with Gasteiger partial charge in [0.25, 0.3) is 0 Å². The molecule has 10 heteroatoms. The zero-order valence-corrected chi connectivity index (χ0v) is 15.3. The van der Waals surface area contributed by atoms with E-state index in [2.05, 4.69) is 27.5 Å². The molecule has 0 aromatic carbocycles. The van der Waals surface area contributed by atoms with Gasteiger partial charge in [-0.3, -0.25) is 0 Å². The van der Waals surface area contributed by atoms with E-state index in [-0.39, 0.29) is 30.2 Å². The molecule has 2 rings (SSSR count). The van der Waals surface area contributed by atoms with Crippen LogP contribution in [-0.2, 0) is 14.3 Å². The molecule has 140 valence electrons. The summed E-state index contributed by atoms with van der Waals surface area (Å²) in [5, 5.41) is 10.1. The van der Waals surface area contributed by atoms with Gasteiger partial charge in [-0.2, -0.15) is 0 Å². The first-order valence-corrected chi connectivity index (χ1v) is 8.79. The monoisotopic (exact) mass is 380 g/mol. The van der Waals surface area contributed by atoms with Crippen molar-refractivity contribution in [3.8, 4) is 0 Å². The van der Waals surface area contributed by atoms with Crippen LogP contribution in [0, 0.1) is 0 Å². The minimum atomic E-state index is -0.663. The Morgan fingerprint density at radius 2 is 2.19 bits per heavy atom. The van der Waals surface area contributed by atoms with Crippen LogP contribution in [0.3, 0.4) is 0 Å². The van der Waals surface area contributed by atoms with Gasteiger partial charge in [-0.1, -0.05) is 6.08 Å². The number of thiazole rings is 1. The maximum atomic E-state index is 12.1. The summed E-state index contributed by atoms with van der Waals surface area (Å²) >= 11 is 1.26. The van der Waals surface area contributed by atoms with Gasteiger partial charge in [0.05, 0.1) is 23.9 Å². The quantitative estimate of drug-likeness (QED) is 0.461.